The highest BCUT2D eigenvalue weighted by atomic mass is 79.9. The van der Waals surface area contributed by atoms with Gasteiger partial charge in [0.2, 0.25) is 0 Å². The summed E-state index contributed by atoms with van der Waals surface area (Å²) in [4.78, 5) is 23.0. The Kier molecular flexibility index (Phi) is 5.66. The van der Waals surface area contributed by atoms with Crippen molar-refractivity contribution in [3.8, 4) is 0 Å². The number of ether oxygens (including phenoxy) is 1. The molecule has 9 heteroatoms. The van der Waals surface area contributed by atoms with E-state index in [-0.39, 0.29) is 17.6 Å². The van der Waals surface area contributed by atoms with Gasteiger partial charge in [0, 0.05) is 6.54 Å². The van der Waals surface area contributed by atoms with E-state index in [1.165, 1.54) is 20.2 Å². The van der Waals surface area contributed by atoms with Crippen LogP contribution in [0.3, 0.4) is 0 Å². The van der Waals surface area contributed by atoms with Crippen LogP contribution in [0, 0.1) is 0 Å². The van der Waals surface area contributed by atoms with Gasteiger partial charge < -0.3 is 20.3 Å². The summed E-state index contributed by atoms with van der Waals surface area (Å²) in [5.74, 6) is -0.588. The standard InChI is InChI=1S/C11H16BrN3O5/c1-11(19,6-16)5-13-7-3-14-15(4-8(17)20-2)10(18)9(7)12/h3,13,16,19H,4-6H2,1-2H3. The van der Waals surface area contributed by atoms with Gasteiger partial charge in [0.1, 0.15) is 16.6 Å². The van der Waals surface area contributed by atoms with Crippen molar-refractivity contribution in [1.82, 2.24) is 9.78 Å². The van der Waals surface area contributed by atoms with Crippen LogP contribution in [-0.2, 0) is 16.1 Å². The summed E-state index contributed by atoms with van der Waals surface area (Å²) in [5, 5.41) is 25.2. The van der Waals surface area contributed by atoms with Crippen LogP contribution in [0.15, 0.2) is 15.5 Å². The largest absolute Gasteiger partial charge is 0.468 e. The van der Waals surface area contributed by atoms with Gasteiger partial charge in [-0.15, -0.1) is 0 Å². The molecule has 1 atom stereocenters. The van der Waals surface area contributed by atoms with Crippen molar-refractivity contribution in [2.24, 2.45) is 0 Å². The van der Waals surface area contributed by atoms with Gasteiger partial charge in [0.05, 0.1) is 25.6 Å². The Morgan fingerprint density at radius 2 is 2.30 bits per heavy atom. The zero-order valence-electron chi connectivity index (χ0n) is 11.1. The number of aliphatic hydroxyl groups excluding tert-OH is 1. The van der Waals surface area contributed by atoms with Crippen LogP contribution >= 0.6 is 15.9 Å². The molecular formula is C11H16BrN3O5. The second-order valence-electron chi connectivity index (χ2n) is 4.42. The number of hydrogen-bond acceptors (Lipinski definition) is 7. The van der Waals surface area contributed by atoms with Gasteiger partial charge in [-0.25, -0.2) is 4.68 Å². The van der Waals surface area contributed by atoms with Crippen molar-refractivity contribution in [2.45, 2.75) is 19.1 Å². The number of nitrogens with zero attached hydrogens (tertiary/aromatic N) is 2. The van der Waals surface area contributed by atoms with Gasteiger partial charge in [0.25, 0.3) is 5.56 Å². The van der Waals surface area contributed by atoms with Crippen molar-refractivity contribution >= 4 is 27.6 Å². The summed E-state index contributed by atoms with van der Waals surface area (Å²) in [5.41, 5.74) is -1.48. The monoisotopic (exact) mass is 349 g/mol. The number of aliphatic hydroxyl groups is 2. The number of aromatic nitrogens is 2. The zero-order chi connectivity index (χ0) is 15.3. The molecule has 0 bridgehead atoms. The van der Waals surface area contributed by atoms with E-state index < -0.39 is 23.7 Å². The molecule has 8 nitrogen and oxygen atoms in total. The van der Waals surface area contributed by atoms with Crippen molar-refractivity contribution in [1.29, 1.82) is 0 Å². The predicted molar refractivity (Wildman–Crippen MR) is 74.4 cm³/mol. The quantitative estimate of drug-likeness (QED) is 0.584. The van der Waals surface area contributed by atoms with E-state index in [0.29, 0.717) is 5.69 Å². The molecule has 0 fully saturated rings. The van der Waals surface area contributed by atoms with Crippen LogP contribution in [0.5, 0.6) is 0 Å². The molecule has 0 amide bonds. The smallest absolute Gasteiger partial charge is 0.327 e. The lowest BCUT2D eigenvalue weighted by atomic mass is 10.1. The second kappa shape index (κ2) is 6.82. The van der Waals surface area contributed by atoms with Crippen LogP contribution in [0.25, 0.3) is 0 Å². The third-order valence-corrected chi connectivity index (χ3v) is 3.26. The Labute approximate surface area is 123 Å². The Morgan fingerprint density at radius 1 is 1.65 bits per heavy atom. The molecule has 1 aromatic heterocycles. The fraction of sp³-hybridized carbons (Fsp3) is 0.545. The first kappa shape index (κ1) is 16.6. The fourth-order valence-electron chi connectivity index (χ4n) is 1.23. The lowest BCUT2D eigenvalue weighted by Gasteiger charge is -2.21. The molecule has 0 aliphatic heterocycles. The molecular weight excluding hydrogens is 334 g/mol. The lowest BCUT2D eigenvalue weighted by molar-refractivity contribution is -0.141. The summed E-state index contributed by atoms with van der Waals surface area (Å²) in [7, 11) is 1.22. The molecule has 0 spiro atoms. The van der Waals surface area contributed by atoms with E-state index in [9.17, 15) is 14.7 Å². The van der Waals surface area contributed by atoms with Crippen molar-refractivity contribution in [2.75, 3.05) is 25.6 Å². The van der Waals surface area contributed by atoms with E-state index in [1.807, 2.05) is 0 Å². The minimum absolute atomic E-state index is 0.0320. The lowest BCUT2D eigenvalue weighted by Crippen LogP contribution is -2.38. The SMILES string of the molecule is COC(=O)Cn1ncc(NCC(C)(O)CO)c(Br)c1=O. The van der Waals surface area contributed by atoms with Crippen LogP contribution in [0.2, 0.25) is 0 Å². The predicted octanol–water partition coefficient (Wildman–Crippen LogP) is -0.666. The maximum Gasteiger partial charge on any atom is 0.327 e. The van der Waals surface area contributed by atoms with Gasteiger partial charge in [-0.2, -0.15) is 5.10 Å². The summed E-state index contributed by atoms with van der Waals surface area (Å²) in [6, 6.07) is 0. The number of anilines is 1. The van der Waals surface area contributed by atoms with E-state index in [0.717, 1.165) is 4.68 Å². The average Bonchev–Trinajstić information content (AvgIpc) is 2.43. The third kappa shape index (κ3) is 4.29. The summed E-state index contributed by atoms with van der Waals surface area (Å²) >= 11 is 3.10. The number of halogens is 1. The molecule has 1 rings (SSSR count). The van der Waals surface area contributed by atoms with Gasteiger partial charge in [-0.1, -0.05) is 0 Å². The normalized spacial score (nSPS) is 13.7. The fourth-order valence-corrected chi connectivity index (χ4v) is 1.68. The molecule has 1 aromatic rings. The van der Waals surface area contributed by atoms with Crippen LogP contribution in [0.1, 0.15) is 6.92 Å². The van der Waals surface area contributed by atoms with Crippen molar-refractivity contribution in [3.05, 3.63) is 21.0 Å². The van der Waals surface area contributed by atoms with E-state index >= 15 is 0 Å². The van der Waals surface area contributed by atoms with Gasteiger partial charge in [-0.05, 0) is 22.9 Å². The summed E-state index contributed by atoms with van der Waals surface area (Å²) < 4.78 is 5.58. The van der Waals surface area contributed by atoms with Crippen molar-refractivity contribution in [3.63, 3.8) is 0 Å². The Balaban J connectivity index is 2.89. The minimum Gasteiger partial charge on any atom is -0.468 e. The maximum atomic E-state index is 11.9. The second-order valence-corrected chi connectivity index (χ2v) is 5.21. The molecule has 0 aliphatic carbocycles. The number of carbonyl (C=O) groups is 1. The number of esters is 1. The maximum absolute atomic E-state index is 11.9. The Hall–Kier alpha value is -1.45. The van der Waals surface area contributed by atoms with E-state index in [1.54, 1.807) is 0 Å². The molecule has 0 aliphatic rings. The molecule has 1 heterocycles. The van der Waals surface area contributed by atoms with Gasteiger partial charge in [-0.3, -0.25) is 9.59 Å². The summed E-state index contributed by atoms with van der Waals surface area (Å²) in [6.45, 7) is 0.761. The highest BCUT2D eigenvalue weighted by molar-refractivity contribution is 9.10. The number of methoxy groups -OCH3 is 1. The minimum atomic E-state index is -1.32. The molecule has 0 saturated heterocycles. The number of hydrogen-bond donors (Lipinski definition) is 3. The average molecular weight is 350 g/mol. The molecule has 112 valence electrons. The molecule has 0 radical (unpaired) electrons. The number of rotatable bonds is 6. The van der Waals surface area contributed by atoms with Crippen LogP contribution in [-0.4, -0.2) is 51.8 Å². The van der Waals surface area contributed by atoms with Gasteiger partial charge >= 0.3 is 5.97 Å². The first-order valence-corrected chi connectivity index (χ1v) is 6.49. The molecule has 0 aromatic carbocycles. The first-order valence-electron chi connectivity index (χ1n) is 5.70. The van der Waals surface area contributed by atoms with Gasteiger partial charge in [0.15, 0.2) is 0 Å². The van der Waals surface area contributed by atoms with E-state index in [2.05, 4.69) is 31.1 Å². The Morgan fingerprint density at radius 3 is 2.85 bits per heavy atom. The summed E-state index contributed by atoms with van der Waals surface area (Å²) in [6.07, 6.45) is 1.34. The highest BCUT2D eigenvalue weighted by Gasteiger charge is 2.20. The molecule has 3 N–H and O–H groups in total. The van der Waals surface area contributed by atoms with Crippen molar-refractivity contribution < 1.29 is 19.7 Å². The molecule has 1 unspecified atom stereocenters. The van der Waals surface area contributed by atoms with Crippen LogP contribution < -0.4 is 10.9 Å². The van der Waals surface area contributed by atoms with Crippen LogP contribution in [0.4, 0.5) is 5.69 Å². The van der Waals surface area contributed by atoms with E-state index in [4.69, 9.17) is 5.11 Å². The third-order valence-electron chi connectivity index (χ3n) is 2.49. The first-order chi connectivity index (χ1) is 9.30. The molecule has 0 saturated carbocycles. The highest BCUT2D eigenvalue weighted by Crippen LogP contribution is 2.17. The Bertz CT molecular complexity index is 543. The topological polar surface area (TPSA) is 114 Å². The zero-order valence-corrected chi connectivity index (χ0v) is 12.7. The number of carbonyl (C=O) groups excluding carboxylic acids is 1. The molecule has 20 heavy (non-hydrogen) atoms. The number of nitrogens with one attached hydrogen (secondary N) is 1.